The molecular formula is C15H16N4OS3. The number of amides is 1. The average Bonchev–Trinajstić information content (AvgIpc) is 3.31. The van der Waals surface area contributed by atoms with Crippen LogP contribution in [0.5, 0.6) is 0 Å². The van der Waals surface area contributed by atoms with Crippen LogP contribution >= 0.6 is 34.4 Å². The van der Waals surface area contributed by atoms with Crippen LogP contribution in [-0.4, -0.2) is 26.4 Å². The van der Waals surface area contributed by atoms with Crippen molar-refractivity contribution >= 4 is 40.3 Å². The highest BCUT2D eigenvalue weighted by molar-refractivity contribution is 7.99. The van der Waals surface area contributed by atoms with Crippen LogP contribution in [0.25, 0.3) is 0 Å². The molecule has 0 radical (unpaired) electrons. The highest BCUT2D eigenvalue weighted by Crippen LogP contribution is 2.16. The van der Waals surface area contributed by atoms with E-state index >= 15 is 0 Å². The SMILES string of the molecule is O=C(CSc1nncn1CCc1cccs1)NCc1cccs1. The second kappa shape index (κ2) is 8.28. The Balaban J connectivity index is 1.44. The quantitative estimate of drug-likeness (QED) is 0.624. The molecule has 0 atom stereocenters. The molecule has 0 aliphatic heterocycles. The van der Waals surface area contributed by atoms with Gasteiger partial charge in [0.25, 0.3) is 0 Å². The van der Waals surface area contributed by atoms with Crippen molar-refractivity contribution in [2.75, 3.05) is 5.75 Å². The Morgan fingerprint density at radius 1 is 1.22 bits per heavy atom. The van der Waals surface area contributed by atoms with Gasteiger partial charge in [-0.05, 0) is 29.3 Å². The maximum atomic E-state index is 11.9. The Labute approximate surface area is 146 Å². The molecule has 5 nitrogen and oxygen atoms in total. The van der Waals surface area contributed by atoms with Crippen LogP contribution in [0, 0.1) is 0 Å². The molecule has 8 heteroatoms. The minimum absolute atomic E-state index is 0.0104. The summed E-state index contributed by atoms with van der Waals surface area (Å²) in [6, 6.07) is 8.18. The smallest absolute Gasteiger partial charge is 0.230 e. The average molecular weight is 365 g/mol. The minimum atomic E-state index is 0.0104. The third-order valence-corrected chi connectivity index (χ3v) is 5.92. The van der Waals surface area contributed by atoms with Gasteiger partial charge in [0.15, 0.2) is 5.16 Å². The van der Waals surface area contributed by atoms with E-state index in [1.54, 1.807) is 29.0 Å². The van der Waals surface area contributed by atoms with Crippen LogP contribution in [0.3, 0.4) is 0 Å². The summed E-state index contributed by atoms with van der Waals surface area (Å²) in [5.74, 6) is 0.361. The van der Waals surface area contributed by atoms with Crippen molar-refractivity contribution in [2.45, 2.75) is 24.7 Å². The van der Waals surface area contributed by atoms with Gasteiger partial charge in [-0.1, -0.05) is 23.9 Å². The zero-order valence-corrected chi connectivity index (χ0v) is 14.8. The molecule has 1 N–H and O–H groups in total. The molecule has 0 saturated carbocycles. The predicted molar refractivity (Wildman–Crippen MR) is 94.9 cm³/mol. The molecule has 0 fully saturated rings. The van der Waals surface area contributed by atoms with E-state index in [1.165, 1.54) is 16.6 Å². The standard InChI is InChI=1S/C15H16N4OS3/c20-14(16-9-13-4-2-8-22-13)10-23-15-18-17-11-19(15)6-5-12-3-1-7-21-12/h1-4,7-8,11H,5-6,9-10H2,(H,16,20). The molecule has 1 amide bonds. The molecule has 23 heavy (non-hydrogen) atoms. The highest BCUT2D eigenvalue weighted by Gasteiger charge is 2.09. The number of hydrogen-bond donors (Lipinski definition) is 1. The molecular weight excluding hydrogens is 348 g/mol. The Hall–Kier alpha value is -1.64. The normalized spacial score (nSPS) is 10.8. The van der Waals surface area contributed by atoms with Crippen LogP contribution in [0.15, 0.2) is 46.5 Å². The van der Waals surface area contributed by atoms with E-state index in [0.29, 0.717) is 12.3 Å². The van der Waals surface area contributed by atoms with Gasteiger partial charge in [0.2, 0.25) is 5.91 Å². The molecule has 0 aliphatic rings. The summed E-state index contributed by atoms with van der Waals surface area (Å²) >= 11 is 4.81. The van der Waals surface area contributed by atoms with Crippen molar-refractivity contribution in [2.24, 2.45) is 0 Å². The summed E-state index contributed by atoms with van der Waals surface area (Å²) in [5, 5.41) is 15.8. The van der Waals surface area contributed by atoms with E-state index in [2.05, 4.69) is 33.0 Å². The monoisotopic (exact) mass is 364 g/mol. The number of thioether (sulfide) groups is 1. The number of nitrogens with zero attached hydrogens (tertiary/aromatic N) is 3. The maximum Gasteiger partial charge on any atom is 0.230 e. The summed E-state index contributed by atoms with van der Waals surface area (Å²) in [4.78, 5) is 14.4. The second-order valence-corrected chi connectivity index (χ2v) is 7.79. The molecule has 120 valence electrons. The number of aryl methyl sites for hydroxylation is 2. The van der Waals surface area contributed by atoms with Crippen molar-refractivity contribution in [3.8, 4) is 0 Å². The number of carbonyl (C=O) groups excluding carboxylic acids is 1. The molecule has 0 bridgehead atoms. The topological polar surface area (TPSA) is 59.8 Å². The van der Waals surface area contributed by atoms with Crippen molar-refractivity contribution in [3.63, 3.8) is 0 Å². The van der Waals surface area contributed by atoms with Gasteiger partial charge in [-0.2, -0.15) is 0 Å². The van der Waals surface area contributed by atoms with Crippen molar-refractivity contribution in [1.82, 2.24) is 20.1 Å². The Bertz CT molecular complexity index is 722. The van der Waals surface area contributed by atoms with E-state index in [9.17, 15) is 4.79 Å². The molecule has 0 aromatic carbocycles. The van der Waals surface area contributed by atoms with Crippen molar-refractivity contribution in [3.05, 3.63) is 51.1 Å². The zero-order chi connectivity index (χ0) is 15.9. The first kappa shape index (κ1) is 16.2. The highest BCUT2D eigenvalue weighted by atomic mass is 32.2. The predicted octanol–water partition coefficient (Wildman–Crippen LogP) is 3.05. The summed E-state index contributed by atoms with van der Waals surface area (Å²) in [5.41, 5.74) is 0. The number of carbonyl (C=O) groups is 1. The number of rotatable bonds is 8. The number of aromatic nitrogens is 3. The fourth-order valence-corrected chi connectivity index (χ4v) is 4.09. The molecule has 3 rings (SSSR count). The van der Waals surface area contributed by atoms with Crippen LogP contribution < -0.4 is 5.32 Å². The van der Waals surface area contributed by atoms with Crippen LogP contribution in [0.4, 0.5) is 0 Å². The van der Waals surface area contributed by atoms with E-state index < -0.39 is 0 Å². The largest absolute Gasteiger partial charge is 0.350 e. The third kappa shape index (κ3) is 4.92. The minimum Gasteiger partial charge on any atom is -0.350 e. The fourth-order valence-electron chi connectivity index (χ4n) is 1.98. The van der Waals surface area contributed by atoms with E-state index in [0.717, 1.165) is 23.0 Å². The molecule has 0 saturated heterocycles. The van der Waals surface area contributed by atoms with Crippen LogP contribution in [0.1, 0.15) is 9.75 Å². The molecule has 0 spiro atoms. The first-order valence-corrected chi connectivity index (χ1v) is 9.88. The fraction of sp³-hybridized carbons (Fsp3) is 0.267. The summed E-state index contributed by atoms with van der Waals surface area (Å²) in [7, 11) is 0. The lowest BCUT2D eigenvalue weighted by Crippen LogP contribution is -2.24. The summed E-state index contributed by atoms with van der Waals surface area (Å²) < 4.78 is 2.00. The lowest BCUT2D eigenvalue weighted by atomic mass is 10.3. The zero-order valence-electron chi connectivity index (χ0n) is 12.3. The third-order valence-electron chi connectivity index (χ3n) is 3.13. The van der Waals surface area contributed by atoms with Gasteiger partial charge in [0.05, 0.1) is 12.3 Å². The van der Waals surface area contributed by atoms with Gasteiger partial charge in [-0.25, -0.2) is 0 Å². The van der Waals surface area contributed by atoms with Crippen LogP contribution in [0.2, 0.25) is 0 Å². The Morgan fingerprint density at radius 2 is 2.00 bits per heavy atom. The van der Waals surface area contributed by atoms with Gasteiger partial charge in [0.1, 0.15) is 6.33 Å². The Morgan fingerprint density at radius 3 is 2.74 bits per heavy atom. The number of nitrogens with one attached hydrogen (secondary N) is 1. The van der Waals surface area contributed by atoms with E-state index in [1.807, 2.05) is 22.1 Å². The van der Waals surface area contributed by atoms with Gasteiger partial charge in [-0.15, -0.1) is 32.9 Å². The summed E-state index contributed by atoms with van der Waals surface area (Å²) in [6.45, 7) is 1.41. The number of hydrogen-bond acceptors (Lipinski definition) is 6. The number of thiophene rings is 2. The molecule has 0 aliphatic carbocycles. The lowest BCUT2D eigenvalue weighted by Gasteiger charge is -2.06. The Kier molecular flexibility index (Phi) is 5.84. The van der Waals surface area contributed by atoms with Gasteiger partial charge in [0, 0.05) is 16.3 Å². The van der Waals surface area contributed by atoms with Gasteiger partial charge in [-0.3, -0.25) is 4.79 Å². The van der Waals surface area contributed by atoms with E-state index in [4.69, 9.17) is 0 Å². The van der Waals surface area contributed by atoms with Gasteiger partial charge < -0.3 is 9.88 Å². The van der Waals surface area contributed by atoms with Crippen molar-refractivity contribution < 1.29 is 4.79 Å². The van der Waals surface area contributed by atoms with E-state index in [-0.39, 0.29) is 5.91 Å². The molecule has 3 aromatic heterocycles. The first-order valence-electron chi connectivity index (χ1n) is 7.13. The van der Waals surface area contributed by atoms with Crippen molar-refractivity contribution in [1.29, 1.82) is 0 Å². The van der Waals surface area contributed by atoms with Crippen LogP contribution in [-0.2, 0) is 24.3 Å². The van der Waals surface area contributed by atoms with Gasteiger partial charge >= 0.3 is 0 Å². The summed E-state index contributed by atoms with van der Waals surface area (Å²) in [6.07, 6.45) is 2.67. The first-order chi connectivity index (χ1) is 11.3. The second-order valence-electron chi connectivity index (χ2n) is 4.78. The molecule has 3 heterocycles. The molecule has 3 aromatic rings. The maximum absolute atomic E-state index is 11.9. The lowest BCUT2D eigenvalue weighted by molar-refractivity contribution is -0.118. The molecule has 0 unspecified atom stereocenters.